The lowest BCUT2D eigenvalue weighted by Crippen LogP contribution is -2.38. The second kappa shape index (κ2) is 7.98. The maximum atomic E-state index is 12.4. The van der Waals surface area contributed by atoms with Gasteiger partial charge in [0.1, 0.15) is 6.26 Å². The Morgan fingerprint density at radius 2 is 2.21 bits per heavy atom. The van der Waals surface area contributed by atoms with Crippen LogP contribution in [0.5, 0.6) is 0 Å². The molecule has 0 spiro atoms. The molecule has 0 aliphatic carbocycles. The average molecular weight is 391 g/mol. The molecule has 1 aromatic carbocycles. The van der Waals surface area contributed by atoms with Crippen molar-refractivity contribution in [1.29, 1.82) is 0 Å². The summed E-state index contributed by atoms with van der Waals surface area (Å²) in [7, 11) is 0. The van der Waals surface area contributed by atoms with Crippen molar-refractivity contribution in [3.63, 3.8) is 0 Å². The number of nitrogens with zero attached hydrogens (tertiary/aromatic N) is 1. The molecule has 1 unspecified atom stereocenters. The first kappa shape index (κ1) is 18.7. The molecule has 1 amide bonds. The first-order chi connectivity index (χ1) is 11.1. The highest BCUT2D eigenvalue weighted by Crippen LogP contribution is 2.26. The van der Waals surface area contributed by atoms with Crippen LogP contribution in [0.15, 0.2) is 32.7 Å². The molecule has 0 bridgehead atoms. The monoisotopic (exact) mass is 389 g/mol. The summed E-state index contributed by atoms with van der Waals surface area (Å²) in [5.74, 6) is -0.227. The summed E-state index contributed by atoms with van der Waals surface area (Å²) in [5, 5.41) is 7.72. The van der Waals surface area contributed by atoms with E-state index in [1.807, 2.05) is 0 Å². The van der Waals surface area contributed by atoms with Crippen molar-refractivity contribution in [2.45, 2.75) is 18.9 Å². The van der Waals surface area contributed by atoms with E-state index in [0.717, 1.165) is 19.4 Å². The Kier molecular flexibility index (Phi) is 6.23. The lowest BCUT2D eigenvalue weighted by Gasteiger charge is -2.06. The molecule has 2 aromatic rings. The third-order valence-electron chi connectivity index (χ3n) is 3.57. The molecule has 2 N–H and O–H groups in total. The van der Waals surface area contributed by atoms with Crippen LogP contribution < -0.4 is 16.2 Å². The summed E-state index contributed by atoms with van der Waals surface area (Å²) in [6, 6.07) is 2.74. The number of amides is 1. The minimum atomic E-state index is -0.326. The summed E-state index contributed by atoms with van der Waals surface area (Å²) in [4.78, 5) is 24.2. The molecule has 3 rings (SSSR count). The quantitative estimate of drug-likeness (QED) is 0.623. The van der Waals surface area contributed by atoms with Crippen molar-refractivity contribution in [1.82, 2.24) is 10.7 Å². The van der Waals surface area contributed by atoms with Gasteiger partial charge in [0.2, 0.25) is 5.43 Å². The number of fused-ring (bicyclic) bond motifs is 1. The molecule has 0 radical (unpaired) electrons. The SMILES string of the molecule is Cl.O=C(NN=Cc1coc2c(Cl)cc(Cl)cc2c1=O)C1CCCN1. The fourth-order valence-electron chi connectivity index (χ4n) is 2.42. The maximum Gasteiger partial charge on any atom is 0.257 e. The average Bonchev–Trinajstić information content (AvgIpc) is 3.04. The van der Waals surface area contributed by atoms with E-state index in [4.69, 9.17) is 27.6 Å². The zero-order valence-electron chi connectivity index (χ0n) is 12.3. The van der Waals surface area contributed by atoms with E-state index in [1.165, 1.54) is 24.6 Å². The Balaban J connectivity index is 0.00000208. The number of hydrogen-bond donors (Lipinski definition) is 2. The van der Waals surface area contributed by atoms with Crippen LogP contribution in [0.1, 0.15) is 18.4 Å². The van der Waals surface area contributed by atoms with Crippen LogP contribution in [0, 0.1) is 0 Å². The molecular weight excluding hydrogens is 377 g/mol. The fourth-order valence-corrected chi connectivity index (χ4v) is 2.96. The smallest absolute Gasteiger partial charge is 0.257 e. The van der Waals surface area contributed by atoms with Gasteiger partial charge in [0.05, 0.1) is 28.2 Å². The third-order valence-corrected chi connectivity index (χ3v) is 4.07. The largest absolute Gasteiger partial charge is 0.462 e. The minimum Gasteiger partial charge on any atom is -0.462 e. The Morgan fingerprint density at radius 1 is 1.42 bits per heavy atom. The van der Waals surface area contributed by atoms with Crippen LogP contribution in [-0.4, -0.2) is 24.7 Å². The van der Waals surface area contributed by atoms with Gasteiger partial charge in [0.25, 0.3) is 5.91 Å². The van der Waals surface area contributed by atoms with Gasteiger partial charge in [0.15, 0.2) is 5.58 Å². The van der Waals surface area contributed by atoms with Crippen LogP contribution in [0.2, 0.25) is 10.0 Å². The van der Waals surface area contributed by atoms with Gasteiger partial charge < -0.3 is 9.73 Å². The second-order valence-electron chi connectivity index (χ2n) is 5.17. The number of carbonyl (C=O) groups is 1. The molecule has 6 nitrogen and oxygen atoms in total. The van der Waals surface area contributed by atoms with E-state index in [-0.39, 0.29) is 51.3 Å². The highest BCUT2D eigenvalue weighted by atomic mass is 35.5. The number of nitrogens with one attached hydrogen (secondary N) is 2. The molecule has 1 aliphatic rings. The van der Waals surface area contributed by atoms with Crippen molar-refractivity contribution >= 4 is 58.7 Å². The Morgan fingerprint density at radius 3 is 2.92 bits per heavy atom. The van der Waals surface area contributed by atoms with Gasteiger partial charge in [-0.05, 0) is 31.5 Å². The van der Waals surface area contributed by atoms with Gasteiger partial charge in [0, 0.05) is 5.02 Å². The van der Waals surface area contributed by atoms with Gasteiger partial charge in [-0.15, -0.1) is 12.4 Å². The van der Waals surface area contributed by atoms with Crippen LogP contribution in [0.25, 0.3) is 11.0 Å². The number of hydrazone groups is 1. The summed E-state index contributed by atoms with van der Waals surface area (Å²) in [6.45, 7) is 0.817. The lowest BCUT2D eigenvalue weighted by molar-refractivity contribution is -0.122. The van der Waals surface area contributed by atoms with E-state index in [1.54, 1.807) is 0 Å². The van der Waals surface area contributed by atoms with Gasteiger partial charge in [-0.2, -0.15) is 5.10 Å². The molecule has 1 aliphatic heterocycles. The van der Waals surface area contributed by atoms with Crippen molar-refractivity contribution in [2.75, 3.05) is 6.54 Å². The van der Waals surface area contributed by atoms with Gasteiger partial charge >= 0.3 is 0 Å². The molecule has 9 heteroatoms. The number of carbonyl (C=O) groups excluding carboxylic acids is 1. The topological polar surface area (TPSA) is 83.7 Å². The molecule has 1 fully saturated rings. The summed E-state index contributed by atoms with van der Waals surface area (Å²) < 4.78 is 5.36. The van der Waals surface area contributed by atoms with Crippen LogP contribution in [0.4, 0.5) is 0 Å². The molecule has 24 heavy (non-hydrogen) atoms. The predicted molar refractivity (Wildman–Crippen MR) is 96.5 cm³/mol. The second-order valence-corrected chi connectivity index (χ2v) is 6.01. The molecule has 128 valence electrons. The number of hydrogen-bond acceptors (Lipinski definition) is 5. The van der Waals surface area contributed by atoms with E-state index in [9.17, 15) is 9.59 Å². The standard InChI is InChI=1S/C15H13Cl2N3O3.ClH/c16-9-4-10-13(21)8(7-23-14(10)11(17)5-9)6-19-20-15(22)12-2-1-3-18-12;/h4-7,12,18H,1-3H2,(H,20,22);1H. The molecule has 2 heterocycles. The molecular formula is C15H14Cl3N3O3. The summed E-state index contributed by atoms with van der Waals surface area (Å²) in [5.41, 5.74) is 2.53. The highest BCUT2D eigenvalue weighted by molar-refractivity contribution is 6.38. The minimum absolute atomic E-state index is 0. The van der Waals surface area contributed by atoms with Crippen molar-refractivity contribution in [2.24, 2.45) is 5.10 Å². The van der Waals surface area contributed by atoms with E-state index in [0.29, 0.717) is 5.02 Å². The fraction of sp³-hybridized carbons (Fsp3) is 0.267. The van der Waals surface area contributed by atoms with E-state index >= 15 is 0 Å². The van der Waals surface area contributed by atoms with E-state index in [2.05, 4.69) is 15.8 Å². The molecule has 1 aromatic heterocycles. The van der Waals surface area contributed by atoms with Crippen molar-refractivity contribution < 1.29 is 9.21 Å². The predicted octanol–water partition coefficient (Wildman–Crippen LogP) is 2.72. The molecule has 0 saturated carbocycles. The van der Waals surface area contributed by atoms with Gasteiger partial charge in [-0.3, -0.25) is 9.59 Å². The molecule has 1 atom stereocenters. The normalized spacial score (nSPS) is 17.2. The van der Waals surface area contributed by atoms with Crippen LogP contribution in [0.3, 0.4) is 0 Å². The Hall–Kier alpha value is -1.60. The molecule has 1 saturated heterocycles. The number of rotatable bonds is 3. The Bertz CT molecular complexity index is 845. The van der Waals surface area contributed by atoms with Crippen LogP contribution in [-0.2, 0) is 4.79 Å². The number of halogens is 3. The highest BCUT2D eigenvalue weighted by Gasteiger charge is 2.21. The number of benzene rings is 1. The van der Waals surface area contributed by atoms with Crippen molar-refractivity contribution in [3.05, 3.63) is 44.2 Å². The Labute approximate surface area is 153 Å². The van der Waals surface area contributed by atoms with Gasteiger partial charge in [-0.25, -0.2) is 5.43 Å². The lowest BCUT2D eigenvalue weighted by atomic mass is 10.2. The van der Waals surface area contributed by atoms with Crippen molar-refractivity contribution in [3.8, 4) is 0 Å². The first-order valence-electron chi connectivity index (χ1n) is 7.03. The summed E-state index contributed by atoms with van der Waals surface area (Å²) in [6.07, 6.45) is 4.22. The summed E-state index contributed by atoms with van der Waals surface area (Å²) >= 11 is 11.9. The van der Waals surface area contributed by atoms with Crippen LogP contribution >= 0.6 is 35.6 Å². The maximum absolute atomic E-state index is 12.4. The zero-order valence-corrected chi connectivity index (χ0v) is 14.7. The zero-order chi connectivity index (χ0) is 16.4. The van der Waals surface area contributed by atoms with E-state index < -0.39 is 0 Å². The third kappa shape index (κ3) is 3.89. The van der Waals surface area contributed by atoms with Gasteiger partial charge in [-0.1, -0.05) is 23.2 Å². The first-order valence-corrected chi connectivity index (χ1v) is 7.78.